The topological polar surface area (TPSA) is 41.0 Å². The molecule has 0 unspecified atom stereocenters. The molecule has 134 valence electrons. The van der Waals surface area contributed by atoms with Crippen LogP contribution in [0.3, 0.4) is 0 Å². The maximum absolute atomic E-state index is 4.89. The molecule has 3 rings (SSSR count). The van der Waals surface area contributed by atoms with Crippen LogP contribution in [0, 0.1) is 0 Å². The van der Waals surface area contributed by atoms with E-state index in [1.807, 2.05) is 0 Å². The quantitative estimate of drug-likeness (QED) is 0.853. The molecule has 1 aliphatic rings. The SMILES string of the molecule is CC[C@H](C)Nc1cc(N2Cc3ccccc3C[C@@H]2C)nc(C(C)C)n1. The van der Waals surface area contributed by atoms with Crippen LogP contribution in [0.2, 0.25) is 0 Å². The Morgan fingerprint density at radius 1 is 1.16 bits per heavy atom. The van der Waals surface area contributed by atoms with E-state index < -0.39 is 0 Å². The van der Waals surface area contributed by atoms with Crippen molar-refractivity contribution in [3.05, 3.63) is 47.3 Å². The highest BCUT2D eigenvalue weighted by atomic mass is 15.2. The predicted octanol–water partition coefficient (Wildman–Crippen LogP) is 4.76. The molecule has 0 spiro atoms. The average molecular weight is 338 g/mol. The van der Waals surface area contributed by atoms with Gasteiger partial charge in [0.15, 0.2) is 0 Å². The lowest BCUT2D eigenvalue weighted by Gasteiger charge is -2.36. The zero-order chi connectivity index (χ0) is 18.0. The van der Waals surface area contributed by atoms with Crippen LogP contribution < -0.4 is 10.2 Å². The largest absolute Gasteiger partial charge is 0.367 e. The standard InChI is InChI=1S/C21H30N4/c1-6-15(4)22-19-12-20(24-21(23-19)14(2)3)25-13-18-10-8-7-9-17(18)11-16(25)5/h7-10,12,14-16H,6,11,13H2,1-5H3,(H,22,23,24)/t15-,16-/m0/s1. The molecular weight excluding hydrogens is 308 g/mol. The summed E-state index contributed by atoms with van der Waals surface area (Å²) in [5.74, 6) is 3.19. The van der Waals surface area contributed by atoms with E-state index in [4.69, 9.17) is 9.97 Å². The van der Waals surface area contributed by atoms with Crippen molar-refractivity contribution in [2.45, 2.75) is 72.0 Å². The van der Waals surface area contributed by atoms with Crippen molar-refractivity contribution in [3.8, 4) is 0 Å². The number of fused-ring (bicyclic) bond motifs is 1. The van der Waals surface area contributed by atoms with Crippen LogP contribution in [-0.4, -0.2) is 22.1 Å². The number of benzene rings is 1. The summed E-state index contributed by atoms with van der Waals surface area (Å²) in [5.41, 5.74) is 2.86. The summed E-state index contributed by atoms with van der Waals surface area (Å²) in [6.45, 7) is 11.9. The second kappa shape index (κ2) is 7.42. The molecule has 1 aromatic heterocycles. The van der Waals surface area contributed by atoms with Crippen molar-refractivity contribution in [3.63, 3.8) is 0 Å². The summed E-state index contributed by atoms with van der Waals surface area (Å²) >= 11 is 0. The molecule has 0 saturated carbocycles. The van der Waals surface area contributed by atoms with E-state index in [2.05, 4.69) is 75.2 Å². The third-order valence-electron chi connectivity index (χ3n) is 5.05. The van der Waals surface area contributed by atoms with Crippen LogP contribution in [0.25, 0.3) is 0 Å². The number of rotatable bonds is 5. The molecule has 0 bridgehead atoms. The van der Waals surface area contributed by atoms with Gasteiger partial charge in [0.1, 0.15) is 17.5 Å². The van der Waals surface area contributed by atoms with E-state index in [0.717, 1.165) is 36.8 Å². The van der Waals surface area contributed by atoms with Gasteiger partial charge in [0.05, 0.1) is 0 Å². The maximum Gasteiger partial charge on any atom is 0.135 e. The summed E-state index contributed by atoms with van der Waals surface area (Å²) in [4.78, 5) is 12.0. The zero-order valence-corrected chi connectivity index (χ0v) is 16.1. The molecule has 2 atom stereocenters. The van der Waals surface area contributed by atoms with Gasteiger partial charge in [-0.3, -0.25) is 0 Å². The molecule has 25 heavy (non-hydrogen) atoms. The first kappa shape index (κ1) is 17.7. The van der Waals surface area contributed by atoms with E-state index in [-0.39, 0.29) is 0 Å². The van der Waals surface area contributed by atoms with Gasteiger partial charge in [-0.05, 0) is 37.8 Å². The fourth-order valence-electron chi connectivity index (χ4n) is 3.27. The summed E-state index contributed by atoms with van der Waals surface area (Å²) < 4.78 is 0. The minimum Gasteiger partial charge on any atom is -0.367 e. The van der Waals surface area contributed by atoms with Gasteiger partial charge in [0.2, 0.25) is 0 Å². The van der Waals surface area contributed by atoms with E-state index in [1.54, 1.807) is 0 Å². The van der Waals surface area contributed by atoms with E-state index >= 15 is 0 Å². The third kappa shape index (κ3) is 3.94. The summed E-state index contributed by atoms with van der Waals surface area (Å²) in [6, 6.07) is 11.7. The second-order valence-electron chi connectivity index (χ2n) is 7.53. The molecule has 4 heteroatoms. The van der Waals surface area contributed by atoms with Gasteiger partial charge in [-0.25, -0.2) is 9.97 Å². The lowest BCUT2D eigenvalue weighted by atomic mass is 9.95. The van der Waals surface area contributed by atoms with Crippen LogP contribution >= 0.6 is 0 Å². The number of hydrogen-bond acceptors (Lipinski definition) is 4. The number of anilines is 2. The normalized spacial score (nSPS) is 18.2. The van der Waals surface area contributed by atoms with Crippen molar-refractivity contribution in [1.82, 2.24) is 9.97 Å². The maximum atomic E-state index is 4.89. The summed E-state index contributed by atoms with van der Waals surface area (Å²) in [6.07, 6.45) is 2.13. The van der Waals surface area contributed by atoms with E-state index in [9.17, 15) is 0 Å². The smallest absolute Gasteiger partial charge is 0.135 e. The van der Waals surface area contributed by atoms with Crippen LogP contribution in [0.15, 0.2) is 30.3 Å². The molecule has 4 nitrogen and oxygen atoms in total. The number of nitrogens with zero attached hydrogens (tertiary/aromatic N) is 3. The molecule has 0 amide bonds. The number of nitrogens with one attached hydrogen (secondary N) is 1. The molecular formula is C21H30N4. The van der Waals surface area contributed by atoms with E-state index in [0.29, 0.717) is 18.0 Å². The molecule has 1 aromatic carbocycles. The predicted molar refractivity (Wildman–Crippen MR) is 105 cm³/mol. The van der Waals surface area contributed by atoms with Gasteiger partial charge in [-0.2, -0.15) is 0 Å². The number of aromatic nitrogens is 2. The zero-order valence-electron chi connectivity index (χ0n) is 16.1. The van der Waals surface area contributed by atoms with Crippen molar-refractivity contribution in [2.24, 2.45) is 0 Å². The second-order valence-corrected chi connectivity index (χ2v) is 7.53. The van der Waals surface area contributed by atoms with Gasteiger partial charge in [-0.1, -0.05) is 45.0 Å². The van der Waals surface area contributed by atoms with Crippen LogP contribution in [0.5, 0.6) is 0 Å². The van der Waals surface area contributed by atoms with Crippen molar-refractivity contribution in [2.75, 3.05) is 10.2 Å². The van der Waals surface area contributed by atoms with Gasteiger partial charge in [-0.15, -0.1) is 0 Å². The molecule has 0 aliphatic carbocycles. The first-order valence-electron chi connectivity index (χ1n) is 9.46. The van der Waals surface area contributed by atoms with Gasteiger partial charge in [0.25, 0.3) is 0 Å². The van der Waals surface area contributed by atoms with Gasteiger partial charge in [0, 0.05) is 30.6 Å². The average Bonchev–Trinajstić information content (AvgIpc) is 2.60. The van der Waals surface area contributed by atoms with Crippen molar-refractivity contribution < 1.29 is 0 Å². The lowest BCUT2D eigenvalue weighted by molar-refractivity contribution is 0.583. The molecule has 0 saturated heterocycles. The Hall–Kier alpha value is -2.10. The molecule has 0 radical (unpaired) electrons. The van der Waals surface area contributed by atoms with E-state index in [1.165, 1.54) is 11.1 Å². The Bertz CT molecular complexity index is 726. The monoisotopic (exact) mass is 338 g/mol. The molecule has 1 N–H and O–H groups in total. The minimum absolute atomic E-state index is 0.310. The lowest BCUT2D eigenvalue weighted by Crippen LogP contribution is -2.39. The van der Waals surface area contributed by atoms with Crippen molar-refractivity contribution in [1.29, 1.82) is 0 Å². The minimum atomic E-state index is 0.310. The summed E-state index contributed by atoms with van der Waals surface area (Å²) in [5, 5.41) is 3.52. The molecule has 2 heterocycles. The van der Waals surface area contributed by atoms with Gasteiger partial charge < -0.3 is 10.2 Å². The highest BCUT2D eigenvalue weighted by molar-refractivity contribution is 5.53. The Kier molecular flexibility index (Phi) is 5.26. The first-order chi connectivity index (χ1) is 12.0. The van der Waals surface area contributed by atoms with Crippen molar-refractivity contribution >= 4 is 11.6 Å². The highest BCUT2D eigenvalue weighted by Crippen LogP contribution is 2.29. The number of hydrogen-bond donors (Lipinski definition) is 1. The van der Waals surface area contributed by atoms with Crippen LogP contribution in [0.1, 0.15) is 63.9 Å². The molecule has 2 aromatic rings. The van der Waals surface area contributed by atoms with Gasteiger partial charge >= 0.3 is 0 Å². The van der Waals surface area contributed by atoms with Crippen LogP contribution in [0.4, 0.5) is 11.6 Å². The Morgan fingerprint density at radius 2 is 1.88 bits per heavy atom. The Labute approximate surface area is 151 Å². The Morgan fingerprint density at radius 3 is 2.56 bits per heavy atom. The van der Waals surface area contributed by atoms with Crippen LogP contribution in [-0.2, 0) is 13.0 Å². The first-order valence-corrected chi connectivity index (χ1v) is 9.46. The molecule has 1 aliphatic heterocycles. The molecule has 0 fully saturated rings. The Balaban J connectivity index is 1.95. The fraction of sp³-hybridized carbons (Fsp3) is 0.524. The fourth-order valence-corrected chi connectivity index (χ4v) is 3.27. The summed E-state index contributed by atoms with van der Waals surface area (Å²) in [7, 11) is 0. The third-order valence-corrected chi connectivity index (χ3v) is 5.05. The highest BCUT2D eigenvalue weighted by Gasteiger charge is 2.25.